The van der Waals surface area contributed by atoms with Crippen molar-refractivity contribution in [3.8, 4) is 16.9 Å². The number of rotatable bonds is 7. The molecule has 162 valence electrons. The molecular formula is C23H15F7O. The van der Waals surface area contributed by atoms with Gasteiger partial charge in [0.1, 0.15) is 5.75 Å². The first-order valence-corrected chi connectivity index (χ1v) is 9.04. The molecule has 3 aromatic carbocycles. The SMILES string of the molecule is C=CCCc1ccc(-c2ccc(C(F)(F)Oc3cc(F)c(F)c(F)c3)cc2)c(F)c1F. The number of hydrogen-bond donors (Lipinski definition) is 0. The molecule has 1 nitrogen and oxygen atoms in total. The predicted octanol–water partition coefficient (Wildman–Crippen LogP) is 7.30. The van der Waals surface area contributed by atoms with E-state index < -0.39 is 46.5 Å². The van der Waals surface area contributed by atoms with E-state index in [2.05, 4.69) is 11.3 Å². The molecule has 0 saturated carbocycles. The van der Waals surface area contributed by atoms with Crippen molar-refractivity contribution in [3.63, 3.8) is 0 Å². The first kappa shape index (κ1) is 22.4. The quantitative estimate of drug-likeness (QED) is 0.213. The molecule has 0 bridgehead atoms. The van der Waals surface area contributed by atoms with E-state index >= 15 is 0 Å². The molecule has 3 aromatic rings. The standard InChI is InChI=1S/C23H15F7O/c1-2-3-4-14-7-10-17(21(27)20(14)26)13-5-8-15(9-6-13)23(29,30)31-16-11-18(24)22(28)19(25)12-16/h2,5-12H,1,3-4H2. The van der Waals surface area contributed by atoms with E-state index in [4.69, 9.17) is 0 Å². The Bertz CT molecular complexity index is 1080. The minimum Gasteiger partial charge on any atom is -0.429 e. The van der Waals surface area contributed by atoms with Gasteiger partial charge in [0.25, 0.3) is 0 Å². The van der Waals surface area contributed by atoms with Crippen LogP contribution in [0.2, 0.25) is 0 Å². The summed E-state index contributed by atoms with van der Waals surface area (Å²) >= 11 is 0. The molecule has 0 fully saturated rings. The largest absolute Gasteiger partial charge is 0.429 e. The summed E-state index contributed by atoms with van der Waals surface area (Å²) in [6, 6.07) is 7.35. The van der Waals surface area contributed by atoms with Crippen LogP contribution in [0, 0.1) is 29.1 Å². The van der Waals surface area contributed by atoms with Crippen molar-refractivity contribution in [3.05, 3.63) is 101 Å². The number of alkyl halides is 2. The summed E-state index contributed by atoms with van der Waals surface area (Å²) in [6.45, 7) is 3.52. The van der Waals surface area contributed by atoms with Gasteiger partial charge in [-0.25, -0.2) is 22.0 Å². The van der Waals surface area contributed by atoms with Crippen LogP contribution in [0.15, 0.2) is 61.2 Å². The van der Waals surface area contributed by atoms with Crippen LogP contribution in [0.1, 0.15) is 17.5 Å². The van der Waals surface area contributed by atoms with Crippen molar-refractivity contribution < 1.29 is 35.5 Å². The maximum Gasteiger partial charge on any atom is 0.426 e. The van der Waals surface area contributed by atoms with Gasteiger partial charge in [0.15, 0.2) is 29.1 Å². The van der Waals surface area contributed by atoms with Crippen LogP contribution in [0.5, 0.6) is 5.75 Å². The van der Waals surface area contributed by atoms with E-state index in [-0.39, 0.29) is 35.2 Å². The summed E-state index contributed by atoms with van der Waals surface area (Å²) < 4.78 is 101. The van der Waals surface area contributed by atoms with E-state index in [1.807, 2.05) is 0 Å². The molecule has 0 aliphatic heterocycles. The molecule has 31 heavy (non-hydrogen) atoms. The highest BCUT2D eigenvalue weighted by Gasteiger charge is 2.35. The molecule has 8 heteroatoms. The minimum atomic E-state index is -4.03. The molecule has 0 heterocycles. The lowest BCUT2D eigenvalue weighted by Crippen LogP contribution is -2.22. The molecule has 0 spiro atoms. The van der Waals surface area contributed by atoms with E-state index in [0.717, 1.165) is 24.3 Å². The third-order valence-electron chi connectivity index (χ3n) is 4.52. The number of halogens is 7. The van der Waals surface area contributed by atoms with E-state index in [1.54, 1.807) is 6.08 Å². The molecule has 0 amide bonds. The van der Waals surface area contributed by atoms with Crippen molar-refractivity contribution in [2.24, 2.45) is 0 Å². The fourth-order valence-corrected chi connectivity index (χ4v) is 2.90. The average molecular weight is 440 g/mol. The molecule has 0 radical (unpaired) electrons. The van der Waals surface area contributed by atoms with Gasteiger partial charge in [-0.3, -0.25) is 0 Å². The molecule has 0 aromatic heterocycles. The molecule has 0 N–H and O–H groups in total. The zero-order chi connectivity index (χ0) is 22.8. The lowest BCUT2D eigenvalue weighted by molar-refractivity contribution is -0.185. The lowest BCUT2D eigenvalue weighted by Gasteiger charge is -2.19. The Kier molecular flexibility index (Phi) is 6.38. The second-order valence-electron chi connectivity index (χ2n) is 6.62. The Morgan fingerprint density at radius 1 is 0.806 bits per heavy atom. The first-order chi connectivity index (χ1) is 14.6. The van der Waals surface area contributed by atoms with Gasteiger partial charge in [0.2, 0.25) is 0 Å². The van der Waals surface area contributed by atoms with Crippen LogP contribution < -0.4 is 4.74 Å². The van der Waals surface area contributed by atoms with Gasteiger partial charge in [-0.1, -0.05) is 30.3 Å². The molecule has 0 saturated heterocycles. The Hall–Kier alpha value is -3.29. The van der Waals surface area contributed by atoms with Crippen LogP contribution in [0.25, 0.3) is 11.1 Å². The van der Waals surface area contributed by atoms with Crippen molar-refractivity contribution in [1.82, 2.24) is 0 Å². The highest BCUT2D eigenvalue weighted by Crippen LogP contribution is 2.34. The van der Waals surface area contributed by atoms with Gasteiger partial charge in [-0.05, 0) is 36.1 Å². The Morgan fingerprint density at radius 2 is 1.42 bits per heavy atom. The van der Waals surface area contributed by atoms with Crippen LogP contribution in [-0.2, 0) is 12.5 Å². The zero-order valence-electron chi connectivity index (χ0n) is 15.9. The predicted molar refractivity (Wildman–Crippen MR) is 101 cm³/mol. The summed E-state index contributed by atoms with van der Waals surface area (Å²) in [5.41, 5.74) is -0.551. The minimum absolute atomic E-state index is 0.127. The molecule has 0 aliphatic rings. The maximum atomic E-state index is 14.4. The van der Waals surface area contributed by atoms with Crippen molar-refractivity contribution in [2.75, 3.05) is 0 Å². The topological polar surface area (TPSA) is 9.23 Å². The zero-order valence-corrected chi connectivity index (χ0v) is 15.9. The summed E-state index contributed by atoms with van der Waals surface area (Å²) in [5, 5.41) is 0. The Labute approximate surface area is 173 Å². The number of hydrogen-bond acceptors (Lipinski definition) is 1. The molecule has 0 unspecified atom stereocenters. The van der Waals surface area contributed by atoms with Crippen LogP contribution in [0.3, 0.4) is 0 Å². The monoisotopic (exact) mass is 440 g/mol. The first-order valence-electron chi connectivity index (χ1n) is 9.04. The third-order valence-corrected chi connectivity index (χ3v) is 4.52. The van der Waals surface area contributed by atoms with Gasteiger partial charge in [-0.15, -0.1) is 6.58 Å². The van der Waals surface area contributed by atoms with Crippen molar-refractivity contribution in [1.29, 1.82) is 0 Å². The van der Waals surface area contributed by atoms with Gasteiger partial charge in [0.05, 0.1) is 5.56 Å². The second-order valence-corrected chi connectivity index (χ2v) is 6.62. The summed E-state index contributed by atoms with van der Waals surface area (Å²) in [5.74, 6) is -8.25. The fourth-order valence-electron chi connectivity index (χ4n) is 2.90. The van der Waals surface area contributed by atoms with Crippen LogP contribution >= 0.6 is 0 Å². The highest BCUT2D eigenvalue weighted by atomic mass is 19.3. The molecular weight excluding hydrogens is 425 g/mol. The molecule has 3 rings (SSSR count). The van der Waals surface area contributed by atoms with E-state index in [1.165, 1.54) is 12.1 Å². The summed E-state index contributed by atoms with van der Waals surface area (Å²) in [4.78, 5) is 0. The van der Waals surface area contributed by atoms with Crippen LogP contribution in [-0.4, -0.2) is 0 Å². The summed E-state index contributed by atoms with van der Waals surface area (Å²) in [6.07, 6.45) is -1.74. The van der Waals surface area contributed by atoms with Gasteiger partial charge in [-0.2, -0.15) is 8.78 Å². The smallest absolute Gasteiger partial charge is 0.426 e. The van der Waals surface area contributed by atoms with E-state index in [0.29, 0.717) is 6.42 Å². The number of benzene rings is 3. The highest BCUT2D eigenvalue weighted by molar-refractivity contribution is 5.65. The van der Waals surface area contributed by atoms with E-state index in [9.17, 15) is 30.7 Å². The number of allylic oxidation sites excluding steroid dienone is 1. The van der Waals surface area contributed by atoms with Crippen molar-refractivity contribution >= 4 is 0 Å². The second kappa shape index (κ2) is 8.83. The molecule has 0 atom stereocenters. The number of ether oxygens (including phenoxy) is 1. The third kappa shape index (κ3) is 4.73. The summed E-state index contributed by atoms with van der Waals surface area (Å²) in [7, 11) is 0. The van der Waals surface area contributed by atoms with Gasteiger partial charge in [0, 0.05) is 17.7 Å². The van der Waals surface area contributed by atoms with Gasteiger partial charge < -0.3 is 4.74 Å². The maximum absolute atomic E-state index is 14.4. The average Bonchev–Trinajstić information content (AvgIpc) is 2.73. The van der Waals surface area contributed by atoms with Crippen molar-refractivity contribution in [2.45, 2.75) is 19.0 Å². The van der Waals surface area contributed by atoms with Gasteiger partial charge >= 0.3 is 6.11 Å². The lowest BCUT2D eigenvalue weighted by atomic mass is 9.99. The Morgan fingerprint density at radius 3 is 2.00 bits per heavy atom. The fraction of sp³-hybridized carbons (Fsp3) is 0.130. The van der Waals surface area contributed by atoms with Crippen LogP contribution in [0.4, 0.5) is 30.7 Å². The molecule has 0 aliphatic carbocycles. The normalized spacial score (nSPS) is 11.5. The number of aryl methyl sites for hydroxylation is 1. The Balaban J connectivity index is 1.85.